The van der Waals surface area contributed by atoms with Crippen LogP contribution in [0, 0.1) is 13.7 Å². The number of benzene rings is 2. The number of carbonyl (C=O) groups excluding carboxylic acids is 3. The lowest BCUT2D eigenvalue weighted by Crippen LogP contribution is -2.42. The number of nitro benzene ring substituents is 1. The zero-order chi connectivity index (χ0) is 25.7. The van der Waals surface area contributed by atoms with Crippen LogP contribution in [0.2, 0.25) is 0 Å². The van der Waals surface area contributed by atoms with Crippen molar-refractivity contribution in [2.24, 2.45) is 0 Å². The molecule has 0 radical (unpaired) electrons. The number of non-ortho nitro benzene ring substituents is 1. The first-order valence-electron chi connectivity index (χ1n) is 11.5. The number of hydrogen-bond acceptors (Lipinski definition) is 7. The Hall–Kier alpha value is -2.93. The SMILES string of the molecule is O=C(CN1C(=O)SC(=Cc2ccc(OCc3cccc([N+](=O)[O-])c3)c(I)c2)C1=O)N1CCCCCC1. The van der Waals surface area contributed by atoms with Crippen molar-refractivity contribution in [1.29, 1.82) is 0 Å². The van der Waals surface area contributed by atoms with Crippen molar-refractivity contribution in [1.82, 2.24) is 9.80 Å². The van der Waals surface area contributed by atoms with Crippen molar-refractivity contribution < 1.29 is 24.0 Å². The highest BCUT2D eigenvalue weighted by molar-refractivity contribution is 14.1. The van der Waals surface area contributed by atoms with E-state index >= 15 is 0 Å². The van der Waals surface area contributed by atoms with Crippen LogP contribution in [0.5, 0.6) is 5.75 Å². The number of likely N-dealkylation sites (tertiary alicyclic amines) is 1. The number of nitro groups is 1. The summed E-state index contributed by atoms with van der Waals surface area (Å²) in [5.41, 5.74) is 1.39. The van der Waals surface area contributed by atoms with Crippen LogP contribution in [0.25, 0.3) is 6.08 Å². The van der Waals surface area contributed by atoms with E-state index in [1.54, 1.807) is 35.2 Å². The van der Waals surface area contributed by atoms with Gasteiger partial charge in [-0.15, -0.1) is 0 Å². The second-order valence-corrected chi connectivity index (χ2v) is 10.6. The van der Waals surface area contributed by atoms with Gasteiger partial charge in [-0.1, -0.05) is 31.0 Å². The molecule has 0 bridgehead atoms. The quantitative estimate of drug-likeness (QED) is 0.181. The minimum absolute atomic E-state index is 0.00298. The average molecular weight is 621 g/mol. The molecule has 2 fully saturated rings. The smallest absolute Gasteiger partial charge is 0.294 e. The van der Waals surface area contributed by atoms with Crippen molar-refractivity contribution in [2.75, 3.05) is 19.6 Å². The first-order valence-corrected chi connectivity index (χ1v) is 13.4. The van der Waals surface area contributed by atoms with Gasteiger partial charge < -0.3 is 9.64 Å². The number of amides is 3. The molecule has 0 saturated carbocycles. The first kappa shape index (κ1) is 26.1. The van der Waals surface area contributed by atoms with E-state index in [1.165, 1.54) is 12.1 Å². The van der Waals surface area contributed by atoms with Crippen LogP contribution < -0.4 is 4.74 Å². The van der Waals surface area contributed by atoms with Crippen LogP contribution in [0.15, 0.2) is 47.4 Å². The van der Waals surface area contributed by atoms with E-state index < -0.39 is 16.1 Å². The van der Waals surface area contributed by atoms with Crippen LogP contribution in [-0.2, 0) is 16.2 Å². The Morgan fingerprint density at radius 2 is 1.86 bits per heavy atom. The maximum Gasteiger partial charge on any atom is 0.294 e. The van der Waals surface area contributed by atoms with Gasteiger partial charge >= 0.3 is 0 Å². The largest absolute Gasteiger partial charge is 0.488 e. The molecule has 188 valence electrons. The lowest BCUT2D eigenvalue weighted by atomic mass is 10.2. The normalized spacial score (nSPS) is 17.4. The van der Waals surface area contributed by atoms with E-state index in [0.29, 0.717) is 30.0 Å². The third-order valence-electron chi connectivity index (χ3n) is 5.90. The van der Waals surface area contributed by atoms with Gasteiger partial charge in [-0.05, 0) is 76.5 Å². The maximum atomic E-state index is 12.9. The molecule has 0 N–H and O–H groups in total. The summed E-state index contributed by atoms with van der Waals surface area (Å²) >= 11 is 2.94. The van der Waals surface area contributed by atoms with E-state index in [0.717, 1.165) is 45.9 Å². The van der Waals surface area contributed by atoms with Crippen LogP contribution in [-0.4, -0.2) is 51.4 Å². The minimum atomic E-state index is -0.464. The highest BCUT2D eigenvalue weighted by atomic mass is 127. The fourth-order valence-electron chi connectivity index (χ4n) is 3.99. The number of carbonyl (C=O) groups is 3. The standard InChI is InChI=1S/C25H24IN3O6S/c26-20-13-17(8-9-21(20)35-16-18-6-5-7-19(12-18)29(33)34)14-22-24(31)28(25(32)36-22)15-23(30)27-10-3-1-2-4-11-27/h5-9,12-14H,1-4,10-11,15-16H2. The van der Waals surface area contributed by atoms with Crippen molar-refractivity contribution in [3.05, 3.63) is 72.2 Å². The Kier molecular flexibility index (Phi) is 8.62. The van der Waals surface area contributed by atoms with Gasteiger partial charge in [0.2, 0.25) is 5.91 Å². The number of thioether (sulfide) groups is 1. The van der Waals surface area contributed by atoms with Gasteiger partial charge in [-0.25, -0.2) is 0 Å². The van der Waals surface area contributed by atoms with Gasteiger partial charge in [-0.2, -0.15) is 0 Å². The lowest BCUT2D eigenvalue weighted by Gasteiger charge is -2.22. The lowest BCUT2D eigenvalue weighted by molar-refractivity contribution is -0.384. The van der Waals surface area contributed by atoms with Crippen molar-refractivity contribution in [3.8, 4) is 5.75 Å². The summed E-state index contributed by atoms with van der Waals surface area (Å²) < 4.78 is 6.60. The third-order valence-corrected chi connectivity index (χ3v) is 7.65. The fourth-order valence-corrected chi connectivity index (χ4v) is 5.52. The van der Waals surface area contributed by atoms with Crippen LogP contribution in [0.1, 0.15) is 36.8 Å². The summed E-state index contributed by atoms with van der Waals surface area (Å²) in [5, 5.41) is 10.5. The molecule has 2 saturated heterocycles. The highest BCUT2D eigenvalue weighted by Gasteiger charge is 2.37. The molecule has 0 unspecified atom stereocenters. The molecular formula is C25H24IN3O6S. The molecule has 9 nitrogen and oxygen atoms in total. The molecule has 2 aromatic carbocycles. The molecule has 0 aromatic heterocycles. The highest BCUT2D eigenvalue weighted by Crippen LogP contribution is 2.33. The van der Waals surface area contributed by atoms with E-state index in [2.05, 4.69) is 22.6 Å². The summed E-state index contributed by atoms with van der Waals surface area (Å²) in [6.45, 7) is 1.27. The Labute approximate surface area is 226 Å². The fraction of sp³-hybridized carbons (Fsp3) is 0.320. The van der Waals surface area contributed by atoms with E-state index in [1.807, 2.05) is 6.07 Å². The van der Waals surface area contributed by atoms with E-state index in [9.17, 15) is 24.5 Å². The minimum Gasteiger partial charge on any atom is -0.488 e. The van der Waals surface area contributed by atoms with Crippen molar-refractivity contribution in [2.45, 2.75) is 32.3 Å². The van der Waals surface area contributed by atoms with Crippen LogP contribution in [0.4, 0.5) is 10.5 Å². The van der Waals surface area contributed by atoms with Gasteiger partial charge in [-0.3, -0.25) is 29.4 Å². The number of halogens is 1. The average Bonchev–Trinajstić information content (AvgIpc) is 3.04. The summed E-state index contributed by atoms with van der Waals surface area (Å²) in [6.07, 6.45) is 5.69. The maximum absolute atomic E-state index is 12.9. The number of nitrogens with zero attached hydrogens (tertiary/aromatic N) is 3. The van der Waals surface area contributed by atoms with Crippen LogP contribution >= 0.6 is 34.4 Å². The Morgan fingerprint density at radius 1 is 1.11 bits per heavy atom. The van der Waals surface area contributed by atoms with Gasteiger partial charge in [0.1, 0.15) is 18.9 Å². The summed E-state index contributed by atoms with van der Waals surface area (Å²) in [7, 11) is 0. The monoisotopic (exact) mass is 621 g/mol. The van der Waals surface area contributed by atoms with Gasteiger partial charge in [0, 0.05) is 25.2 Å². The summed E-state index contributed by atoms with van der Waals surface area (Å²) in [6, 6.07) is 11.6. The molecule has 4 rings (SSSR count). The Bertz CT molecular complexity index is 1230. The molecule has 2 heterocycles. The molecule has 3 amide bonds. The summed E-state index contributed by atoms with van der Waals surface area (Å²) in [5.74, 6) is -0.0650. The number of imide groups is 1. The van der Waals surface area contributed by atoms with Crippen molar-refractivity contribution in [3.63, 3.8) is 0 Å². The molecule has 0 atom stereocenters. The molecule has 2 aliphatic heterocycles. The molecule has 0 spiro atoms. The Balaban J connectivity index is 1.40. The second-order valence-electron chi connectivity index (χ2n) is 8.47. The van der Waals surface area contributed by atoms with E-state index in [4.69, 9.17) is 4.74 Å². The van der Waals surface area contributed by atoms with E-state index in [-0.39, 0.29) is 29.7 Å². The van der Waals surface area contributed by atoms with Gasteiger partial charge in [0.15, 0.2) is 0 Å². The van der Waals surface area contributed by atoms with Gasteiger partial charge in [0.25, 0.3) is 16.8 Å². The first-order chi connectivity index (χ1) is 17.3. The van der Waals surface area contributed by atoms with Gasteiger partial charge in [0.05, 0.1) is 13.4 Å². The predicted molar refractivity (Wildman–Crippen MR) is 144 cm³/mol. The number of hydrogen-bond donors (Lipinski definition) is 0. The molecule has 2 aliphatic rings. The second kappa shape index (κ2) is 11.9. The zero-order valence-corrected chi connectivity index (χ0v) is 22.3. The zero-order valence-electron chi connectivity index (χ0n) is 19.4. The number of ether oxygens (including phenoxy) is 1. The molecule has 2 aromatic rings. The molecule has 11 heteroatoms. The van der Waals surface area contributed by atoms with Crippen LogP contribution in [0.3, 0.4) is 0 Å². The Morgan fingerprint density at radius 3 is 2.56 bits per heavy atom. The topological polar surface area (TPSA) is 110 Å². The third kappa shape index (κ3) is 6.44. The molecular weight excluding hydrogens is 597 g/mol. The predicted octanol–water partition coefficient (Wildman–Crippen LogP) is 5.22. The molecule has 0 aliphatic carbocycles. The van der Waals surface area contributed by atoms with Crippen molar-refractivity contribution >= 4 is 63.2 Å². The molecule has 36 heavy (non-hydrogen) atoms. The number of rotatable bonds is 7. The summed E-state index contributed by atoms with van der Waals surface area (Å²) in [4.78, 5) is 51.5.